The molecule has 1 aromatic heterocycles. The van der Waals surface area contributed by atoms with Crippen LogP contribution in [0.2, 0.25) is 0 Å². The van der Waals surface area contributed by atoms with Gasteiger partial charge in [0.05, 0.1) is 17.9 Å². The maximum atomic E-state index is 12.9. The molecule has 0 saturated carbocycles. The molecule has 0 amide bonds. The highest BCUT2D eigenvalue weighted by molar-refractivity contribution is 7.15. The van der Waals surface area contributed by atoms with E-state index in [1.165, 1.54) is 11.3 Å². The van der Waals surface area contributed by atoms with Crippen molar-refractivity contribution in [1.29, 1.82) is 0 Å². The van der Waals surface area contributed by atoms with E-state index in [2.05, 4.69) is 51.3 Å². The molecule has 5 heteroatoms. The van der Waals surface area contributed by atoms with Crippen molar-refractivity contribution in [3.8, 4) is 10.6 Å². The van der Waals surface area contributed by atoms with E-state index >= 15 is 0 Å². The van der Waals surface area contributed by atoms with Crippen molar-refractivity contribution in [3.05, 3.63) is 82.0 Å². The van der Waals surface area contributed by atoms with Crippen molar-refractivity contribution in [2.75, 3.05) is 18.0 Å². The predicted molar refractivity (Wildman–Crippen MR) is 128 cm³/mol. The van der Waals surface area contributed by atoms with Gasteiger partial charge in [-0.25, -0.2) is 4.98 Å². The number of thiazole rings is 1. The fraction of sp³-hybridized carbons (Fsp3) is 0.269. The Morgan fingerprint density at radius 3 is 2.81 bits per heavy atom. The normalized spacial score (nSPS) is 14.7. The molecule has 0 bridgehead atoms. The number of benzene rings is 2. The summed E-state index contributed by atoms with van der Waals surface area (Å²) in [6.07, 6.45) is 7.05. The zero-order valence-corrected chi connectivity index (χ0v) is 18.5. The number of anilines is 1. The molecular weight excluding hydrogens is 402 g/mol. The predicted octanol–water partition coefficient (Wildman–Crippen LogP) is 5.19. The lowest BCUT2D eigenvalue weighted by atomic mass is 10.0. The van der Waals surface area contributed by atoms with Gasteiger partial charge in [-0.1, -0.05) is 48.5 Å². The minimum Gasteiger partial charge on any atom is -0.365 e. The lowest BCUT2D eigenvalue weighted by molar-refractivity contribution is -0.117. The number of ketones is 1. The number of hydrogen-bond donors (Lipinski definition) is 0. The number of aliphatic imine (C=N–C) groups is 1. The highest BCUT2D eigenvalue weighted by Gasteiger charge is 2.21. The number of aromatic nitrogens is 1. The summed E-state index contributed by atoms with van der Waals surface area (Å²) in [6.45, 7) is 3.87. The van der Waals surface area contributed by atoms with Gasteiger partial charge in [-0.3, -0.25) is 9.79 Å². The van der Waals surface area contributed by atoms with Gasteiger partial charge in [0.1, 0.15) is 10.8 Å². The number of nitrogens with zero attached hydrogens (tertiary/aromatic N) is 3. The summed E-state index contributed by atoms with van der Waals surface area (Å²) in [6, 6.07) is 16.7. The molecule has 0 spiro atoms. The van der Waals surface area contributed by atoms with E-state index in [1.807, 2.05) is 31.3 Å². The van der Waals surface area contributed by atoms with Crippen LogP contribution in [0, 0.1) is 6.92 Å². The van der Waals surface area contributed by atoms with E-state index in [0.29, 0.717) is 12.8 Å². The van der Waals surface area contributed by atoms with Gasteiger partial charge in [-0.15, -0.1) is 11.3 Å². The molecular formula is C26H25N3OS. The third-order valence-corrected chi connectivity index (χ3v) is 7.09. The summed E-state index contributed by atoms with van der Waals surface area (Å²) >= 11 is 1.63. The van der Waals surface area contributed by atoms with Gasteiger partial charge < -0.3 is 4.90 Å². The molecule has 4 nitrogen and oxygen atoms in total. The zero-order chi connectivity index (χ0) is 21.2. The van der Waals surface area contributed by atoms with Gasteiger partial charge in [0.25, 0.3) is 0 Å². The molecule has 2 aromatic carbocycles. The minimum atomic E-state index is 0.235. The van der Waals surface area contributed by atoms with Crippen LogP contribution in [0.5, 0.6) is 0 Å². The van der Waals surface area contributed by atoms with Crippen LogP contribution in [0.3, 0.4) is 0 Å². The summed E-state index contributed by atoms with van der Waals surface area (Å²) in [4.78, 5) is 25.5. The van der Waals surface area contributed by atoms with Gasteiger partial charge in [0.2, 0.25) is 0 Å². The minimum absolute atomic E-state index is 0.235. The average molecular weight is 428 g/mol. The SMILES string of the molecule is Cc1nc(-c2ccccc2)sc1CC(=O)Cc1ccc2c(c1)N(CC1=CCC=N1)CC2. The van der Waals surface area contributed by atoms with Crippen LogP contribution in [0.4, 0.5) is 5.69 Å². The first-order chi connectivity index (χ1) is 15.2. The number of rotatable bonds is 7. The van der Waals surface area contributed by atoms with Crippen molar-refractivity contribution in [3.63, 3.8) is 0 Å². The molecule has 0 N–H and O–H groups in total. The summed E-state index contributed by atoms with van der Waals surface area (Å²) < 4.78 is 0. The number of allylic oxidation sites excluding steroid dienone is 1. The fourth-order valence-corrected chi connectivity index (χ4v) is 5.34. The van der Waals surface area contributed by atoms with Crippen LogP contribution in [0.25, 0.3) is 10.6 Å². The molecule has 0 atom stereocenters. The molecule has 3 aromatic rings. The number of Topliss-reactive ketones (excluding diaryl/α,β-unsaturated/α-hetero) is 1. The Bertz CT molecular complexity index is 1180. The lowest BCUT2D eigenvalue weighted by Gasteiger charge is -2.19. The Labute approximate surface area is 187 Å². The first-order valence-corrected chi connectivity index (χ1v) is 11.6. The molecule has 0 aliphatic carbocycles. The maximum absolute atomic E-state index is 12.9. The number of carbonyl (C=O) groups is 1. The van der Waals surface area contributed by atoms with E-state index in [4.69, 9.17) is 0 Å². The Morgan fingerprint density at radius 2 is 2.00 bits per heavy atom. The monoisotopic (exact) mass is 427 g/mol. The van der Waals surface area contributed by atoms with Crippen molar-refractivity contribution < 1.29 is 4.79 Å². The second kappa shape index (κ2) is 8.60. The van der Waals surface area contributed by atoms with Gasteiger partial charge in [-0.2, -0.15) is 0 Å². The Morgan fingerprint density at radius 1 is 1.13 bits per heavy atom. The van der Waals surface area contributed by atoms with Crippen LogP contribution in [-0.4, -0.2) is 30.1 Å². The zero-order valence-electron chi connectivity index (χ0n) is 17.7. The van der Waals surface area contributed by atoms with Gasteiger partial charge in [0, 0.05) is 48.1 Å². The fourth-order valence-electron chi connectivity index (χ4n) is 4.24. The molecule has 0 unspecified atom stereocenters. The molecule has 31 heavy (non-hydrogen) atoms. The summed E-state index contributed by atoms with van der Waals surface area (Å²) in [5, 5.41) is 0.984. The molecule has 0 fully saturated rings. The summed E-state index contributed by atoms with van der Waals surface area (Å²) in [5.41, 5.74) is 6.92. The largest absolute Gasteiger partial charge is 0.365 e. The lowest BCUT2D eigenvalue weighted by Crippen LogP contribution is -2.22. The standard InChI is InChI=1S/C26H25N3OS/c1-18-25(31-26(28-18)21-6-3-2-4-7-21)16-23(30)14-19-9-10-20-11-13-29(24(20)15-19)17-22-8-5-12-27-22/h2-4,6-10,12,15H,5,11,13-14,16-17H2,1H3. The average Bonchev–Trinajstić information content (AvgIpc) is 3.51. The Balaban J connectivity index is 1.27. The van der Waals surface area contributed by atoms with E-state index in [9.17, 15) is 4.79 Å². The van der Waals surface area contributed by atoms with E-state index in [0.717, 1.165) is 58.3 Å². The van der Waals surface area contributed by atoms with Crippen molar-refractivity contribution >= 4 is 29.0 Å². The summed E-state index contributed by atoms with van der Waals surface area (Å²) in [7, 11) is 0. The van der Waals surface area contributed by atoms with E-state index < -0.39 is 0 Å². The second-order valence-corrected chi connectivity index (χ2v) is 9.25. The smallest absolute Gasteiger partial charge is 0.142 e. The van der Waals surface area contributed by atoms with Crippen LogP contribution in [-0.2, 0) is 24.1 Å². The van der Waals surface area contributed by atoms with Crippen LogP contribution in [0.15, 0.2) is 65.3 Å². The van der Waals surface area contributed by atoms with E-state index in [-0.39, 0.29) is 5.78 Å². The molecule has 0 saturated heterocycles. The highest BCUT2D eigenvalue weighted by atomic mass is 32.1. The first-order valence-electron chi connectivity index (χ1n) is 10.8. The maximum Gasteiger partial charge on any atom is 0.142 e. The number of hydrogen-bond acceptors (Lipinski definition) is 5. The molecule has 5 rings (SSSR count). The van der Waals surface area contributed by atoms with Gasteiger partial charge >= 0.3 is 0 Å². The molecule has 156 valence electrons. The Kier molecular flexibility index (Phi) is 5.51. The van der Waals surface area contributed by atoms with Crippen molar-refractivity contribution in [1.82, 2.24) is 4.98 Å². The topological polar surface area (TPSA) is 45.6 Å². The second-order valence-electron chi connectivity index (χ2n) is 8.16. The molecule has 0 radical (unpaired) electrons. The van der Waals surface area contributed by atoms with Gasteiger partial charge in [0.15, 0.2) is 0 Å². The van der Waals surface area contributed by atoms with Crippen molar-refractivity contribution in [2.24, 2.45) is 4.99 Å². The van der Waals surface area contributed by atoms with Gasteiger partial charge in [-0.05, 0) is 30.5 Å². The number of carbonyl (C=O) groups excluding carboxylic acids is 1. The summed E-state index contributed by atoms with van der Waals surface area (Å²) in [5.74, 6) is 0.235. The quantitative estimate of drug-likeness (QED) is 0.521. The van der Waals surface area contributed by atoms with Crippen LogP contribution in [0.1, 0.15) is 28.1 Å². The first kappa shape index (κ1) is 19.9. The number of aryl methyl sites for hydroxylation is 1. The highest BCUT2D eigenvalue weighted by Crippen LogP contribution is 2.31. The van der Waals surface area contributed by atoms with Crippen LogP contribution < -0.4 is 4.90 Å². The number of fused-ring (bicyclic) bond motifs is 1. The third kappa shape index (κ3) is 4.37. The third-order valence-electron chi connectivity index (χ3n) is 5.88. The molecule has 2 aliphatic rings. The molecule has 2 aliphatic heterocycles. The van der Waals surface area contributed by atoms with Crippen molar-refractivity contribution in [2.45, 2.75) is 32.6 Å². The Hall–Kier alpha value is -3.05. The van der Waals surface area contributed by atoms with E-state index in [1.54, 1.807) is 11.3 Å². The molecule has 3 heterocycles. The van der Waals surface area contributed by atoms with Crippen LogP contribution >= 0.6 is 11.3 Å².